The summed E-state index contributed by atoms with van der Waals surface area (Å²) in [7, 11) is 3.79. The molecular weight excluding hydrogens is 431 g/mol. The van der Waals surface area contributed by atoms with Crippen LogP contribution in [0.25, 0.3) is 0 Å². The summed E-state index contributed by atoms with van der Waals surface area (Å²) in [6, 6.07) is 32.8. The molecule has 0 heterocycles. The van der Waals surface area contributed by atoms with Gasteiger partial charge in [0.1, 0.15) is 0 Å². The van der Waals surface area contributed by atoms with E-state index in [0.29, 0.717) is 0 Å². The number of rotatable bonds is 8. The zero-order valence-corrected chi connectivity index (χ0v) is 20.4. The summed E-state index contributed by atoms with van der Waals surface area (Å²) >= 11 is 0. The van der Waals surface area contributed by atoms with Crippen LogP contribution in [0.3, 0.4) is 0 Å². The van der Waals surface area contributed by atoms with Crippen LogP contribution < -0.4 is 40.2 Å². The number of benzene rings is 4. The summed E-state index contributed by atoms with van der Waals surface area (Å²) < 4.78 is 23.8. The molecule has 0 aromatic heterocycles. The molecule has 0 atom stereocenters. The van der Waals surface area contributed by atoms with Crippen molar-refractivity contribution < 1.29 is 18.9 Å². The molecule has 0 radical (unpaired) electrons. The molecule has 0 aliphatic carbocycles. The quantitative estimate of drug-likeness (QED) is 0.372. The van der Waals surface area contributed by atoms with Crippen molar-refractivity contribution in [1.82, 2.24) is 0 Å². The molecule has 4 nitrogen and oxygen atoms in total. The van der Waals surface area contributed by atoms with Crippen LogP contribution in [0.5, 0.6) is 23.0 Å². The van der Waals surface area contributed by atoms with Gasteiger partial charge in [0, 0.05) is 0 Å². The van der Waals surface area contributed by atoms with Gasteiger partial charge >= 0.3 is 196 Å². The fourth-order valence-corrected chi connectivity index (χ4v) is 10.0. The van der Waals surface area contributed by atoms with Crippen LogP contribution in [0.15, 0.2) is 97.1 Å². The van der Waals surface area contributed by atoms with Crippen molar-refractivity contribution in [3.05, 3.63) is 97.1 Å². The average molecular weight is 461 g/mol. The number of methoxy groups -OCH3 is 4. The molecule has 0 unspecified atom stereocenters. The molecule has 170 valence electrons. The van der Waals surface area contributed by atoms with Gasteiger partial charge < -0.3 is 0 Å². The maximum atomic E-state index is 5.95. The van der Waals surface area contributed by atoms with Crippen LogP contribution in [-0.4, -0.2) is 28.4 Å². The number of para-hydroxylation sites is 4. The van der Waals surface area contributed by atoms with Crippen molar-refractivity contribution in [2.24, 2.45) is 0 Å². The fraction of sp³-hybridized carbons (Fsp3) is 0.143. The first kappa shape index (κ1) is 22.7. The summed E-state index contributed by atoms with van der Waals surface area (Å²) in [6.45, 7) is 0. The van der Waals surface area contributed by atoms with E-state index in [1.165, 1.54) is 0 Å². The second-order valence-electron chi connectivity index (χ2n) is 7.55. The molecule has 0 bridgehead atoms. The van der Waals surface area contributed by atoms with Crippen molar-refractivity contribution in [1.29, 1.82) is 0 Å². The van der Waals surface area contributed by atoms with Crippen molar-refractivity contribution in [3.8, 4) is 23.0 Å². The Hall–Kier alpha value is -3.49. The fourth-order valence-electron chi connectivity index (χ4n) is 4.69. The van der Waals surface area contributed by atoms with Gasteiger partial charge in [-0.25, -0.2) is 0 Å². The van der Waals surface area contributed by atoms with E-state index in [2.05, 4.69) is 48.5 Å². The minimum absolute atomic E-state index is 0.812. The van der Waals surface area contributed by atoms with Gasteiger partial charge in [-0.2, -0.15) is 0 Å². The molecule has 0 aliphatic heterocycles. The van der Waals surface area contributed by atoms with E-state index in [1.54, 1.807) is 28.4 Å². The monoisotopic (exact) mass is 460 g/mol. The Balaban J connectivity index is 2.30. The summed E-state index contributed by atoms with van der Waals surface area (Å²) in [4.78, 5) is 0. The van der Waals surface area contributed by atoms with E-state index in [1.807, 2.05) is 48.5 Å². The Labute approximate surface area is 196 Å². The standard InChI is InChI=1S/C28H29O4P/c1-29-21-13-5-9-17-25(21)33(26-18-10-6-14-22(26)30-2,27-19-11-7-15-23(27)31-3)28-20-12-8-16-24(28)32-4/h5-20,33H,1-4H3. The summed E-state index contributed by atoms with van der Waals surface area (Å²) in [5.74, 6) is 3.25. The third-order valence-electron chi connectivity index (χ3n) is 6.04. The summed E-state index contributed by atoms with van der Waals surface area (Å²) in [6.07, 6.45) is 0. The molecule has 4 rings (SSSR count). The van der Waals surface area contributed by atoms with E-state index >= 15 is 0 Å². The van der Waals surface area contributed by atoms with Crippen LogP contribution in [-0.2, 0) is 0 Å². The Morgan fingerprint density at radius 1 is 0.364 bits per heavy atom. The molecule has 0 spiro atoms. The maximum absolute atomic E-state index is 5.95. The van der Waals surface area contributed by atoms with Gasteiger partial charge in [-0.3, -0.25) is 0 Å². The van der Waals surface area contributed by atoms with Crippen molar-refractivity contribution in [2.75, 3.05) is 28.4 Å². The molecular formula is C28H29O4P. The van der Waals surface area contributed by atoms with Crippen LogP contribution in [0.2, 0.25) is 0 Å². The molecule has 33 heavy (non-hydrogen) atoms. The number of hydrogen-bond acceptors (Lipinski definition) is 4. The molecule has 4 aromatic carbocycles. The van der Waals surface area contributed by atoms with Gasteiger partial charge in [0.2, 0.25) is 0 Å². The van der Waals surface area contributed by atoms with Crippen molar-refractivity contribution in [3.63, 3.8) is 0 Å². The molecule has 4 aromatic rings. The molecule has 0 saturated heterocycles. The average Bonchev–Trinajstić information content (AvgIpc) is 2.90. The van der Waals surface area contributed by atoms with Crippen LogP contribution in [0, 0.1) is 0 Å². The molecule has 0 fully saturated rings. The first-order chi connectivity index (χ1) is 16.2. The number of ether oxygens (including phenoxy) is 4. The van der Waals surface area contributed by atoms with E-state index in [0.717, 1.165) is 44.2 Å². The van der Waals surface area contributed by atoms with Crippen LogP contribution in [0.4, 0.5) is 0 Å². The molecule has 0 N–H and O–H groups in total. The Morgan fingerprint density at radius 3 is 0.788 bits per heavy atom. The Morgan fingerprint density at radius 2 is 0.576 bits per heavy atom. The number of hydrogen-bond donors (Lipinski definition) is 0. The predicted molar refractivity (Wildman–Crippen MR) is 139 cm³/mol. The normalized spacial score (nSPS) is 11.5. The van der Waals surface area contributed by atoms with Gasteiger partial charge in [-0.05, 0) is 0 Å². The summed E-state index contributed by atoms with van der Waals surface area (Å²) in [5, 5.41) is 4.36. The molecule has 5 heteroatoms. The first-order valence-corrected chi connectivity index (χ1v) is 12.8. The second-order valence-corrected chi connectivity index (χ2v) is 11.2. The van der Waals surface area contributed by atoms with E-state index in [-0.39, 0.29) is 0 Å². The zero-order chi connectivity index (χ0) is 23.3. The molecule has 0 aliphatic rings. The predicted octanol–water partition coefficient (Wildman–Crippen LogP) is 4.07. The first-order valence-electron chi connectivity index (χ1n) is 10.8. The van der Waals surface area contributed by atoms with Gasteiger partial charge in [-0.1, -0.05) is 0 Å². The Kier molecular flexibility index (Phi) is 6.86. The second kappa shape index (κ2) is 9.97. The topological polar surface area (TPSA) is 36.9 Å². The van der Waals surface area contributed by atoms with E-state index in [9.17, 15) is 0 Å². The van der Waals surface area contributed by atoms with Gasteiger partial charge in [0.25, 0.3) is 0 Å². The van der Waals surface area contributed by atoms with E-state index in [4.69, 9.17) is 18.9 Å². The minimum atomic E-state index is -3.06. The van der Waals surface area contributed by atoms with Gasteiger partial charge in [0.15, 0.2) is 0 Å². The van der Waals surface area contributed by atoms with Crippen molar-refractivity contribution >= 4 is 28.5 Å². The third kappa shape index (κ3) is 3.81. The third-order valence-corrected chi connectivity index (χ3v) is 10.9. The van der Waals surface area contributed by atoms with Gasteiger partial charge in [-0.15, -0.1) is 0 Å². The Bertz CT molecular complexity index is 1040. The molecule has 0 amide bonds. The SMILES string of the molecule is COc1ccccc1[PH](c1ccccc1OC)(c1ccccc1OC)c1ccccc1OC. The van der Waals surface area contributed by atoms with Crippen molar-refractivity contribution in [2.45, 2.75) is 0 Å². The summed E-state index contributed by atoms with van der Waals surface area (Å²) in [5.41, 5.74) is 0. The van der Waals surface area contributed by atoms with Crippen LogP contribution >= 0.6 is 7.26 Å². The van der Waals surface area contributed by atoms with Crippen LogP contribution in [0.1, 0.15) is 0 Å². The van der Waals surface area contributed by atoms with E-state index < -0.39 is 7.26 Å². The zero-order valence-electron chi connectivity index (χ0n) is 19.4. The van der Waals surface area contributed by atoms with Gasteiger partial charge in [0.05, 0.1) is 0 Å². The molecule has 0 saturated carbocycles.